The fourth-order valence-corrected chi connectivity index (χ4v) is 2.62. The Bertz CT molecular complexity index is 572. The molecule has 0 amide bonds. The van der Waals surface area contributed by atoms with Crippen LogP contribution >= 0.6 is 24.0 Å². The molecular formula is C20H26IN3. The standard InChI is InChI=1S/C20H25N3.HI/c1-3-15-22-20(21-2)23-16-14-19(17-10-6-4-7-11-17)18-12-8-5-9-13-18;/h3-13,19H,1,14-16H2,2H3,(H2,21,22,23);1H. The van der Waals surface area contributed by atoms with E-state index in [9.17, 15) is 0 Å². The minimum atomic E-state index is 0. The van der Waals surface area contributed by atoms with E-state index in [1.54, 1.807) is 7.05 Å². The van der Waals surface area contributed by atoms with Gasteiger partial charge in [-0.25, -0.2) is 0 Å². The quantitative estimate of drug-likeness (QED) is 0.296. The molecular weight excluding hydrogens is 409 g/mol. The lowest BCUT2D eigenvalue weighted by Gasteiger charge is -2.19. The van der Waals surface area contributed by atoms with Crippen LogP contribution in [0.15, 0.2) is 78.3 Å². The van der Waals surface area contributed by atoms with E-state index in [0.29, 0.717) is 12.5 Å². The Hall–Kier alpha value is -1.82. The Morgan fingerprint density at radius 2 is 1.54 bits per heavy atom. The first-order valence-corrected chi connectivity index (χ1v) is 8.00. The van der Waals surface area contributed by atoms with Crippen LogP contribution in [0.3, 0.4) is 0 Å². The molecule has 0 saturated carbocycles. The maximum atomic E-state index is 4.21. The fourth-order valence-electron chi connectivity index (χ4n) is 2.62. The molecule has 0 radical (unpaired) electrons. The molecule has 0 aliphatic rings. The van der Waals surface area contributed by atoms with Gasteiger partial charge in [0.25, 0.3) is 0 Å². The van der Waals surface area contributed by atoms with E-state index in [0.717, 1.165) is 18.9 Å². The third kappa shape index (κ3) is 6.35. The van der Waals surface area contributed by atoms with Crippen LogP contribution < -0.4 is 10.6 Å². The lowest BCUT2D eigenvalue weighted by molar-refractivity contribution is 0.682. The Labute approximate surface area is 162 Å². The van der Waals surface area contributed by atoms with Crippen molar-refractivity contribution in [3.63, 3.8) is 0 Å². The van der Waals surface area contributed by atoms with Crippen molar-refractivity contribution in [2.24, 2.45) is 4.99 Å². The van der Waals surface area contributed by atoms with Gasteiger partial charge in [0.1, 0.15) is 0 Å². The summed E-state index contributed by atoms with van der Waals surface area (Å²) in [6.45, 7) is 5.27. The molecule has 0 aromatic heterocycles. The molecule has 4 heteroatoms. The van der Waals surface area contributed by atoms with Crippen LogP contribution in [0.1, 0.15) is 23.5 Å². The van der Waals surface area contributed by atoms with Crippen molar-refractivity contribution in [1.82, 2.24) is 10.6 Å². The minimum Gasteiger partial charge on any atom is -0.356 e. The van der Waals surface area contributed by atoms with Crippen molar-refractivity contribution in [2.75, 3.05) is 20.1 Å². The average molecular weight is 435 g/mol. The third-order valence-electron chi connectivity index (χ3n) is 3.77. The van der Waals surface area contributed by atoms with Gasteiger partial charge in [-0.05, 0) is 17.5 Å². The number of hydrogen-bond acceptors (Lipinski definition) is 1. The second-order valence-electron chi connectivity index (χ2n) is 5.33. The highest BCUT2D eigenvalue weighted by molar-refractivity contribution is 14.0. The van der Waals surface area contributed by atoms with Crippen LogP contribution in [-0.4, -0.2) is 26.1 Å². The Kier molecular flexibility index (Phi) is 9.84. The lowest BCUT2D eigenvalue weighted by atomic mass is 9.88. The van der Waals surface area contributed by atoms with Gasteiger partial charge in [0.2, 0.25) is 0 Å². The number of nitrogens with one attached hydrogen (secondary N) is 2. The zero-order valence-corrected chi connectivity index (χ0v) is 16.4. The van der Waals surface area contributed by atoms with Crippen molar-refractivity contribution < 1.29 is 0 Å². The molecule has 3 nitrogen and oxygen atoms in total. The second-order valence-corrected chi connectivity index (χ2v) is 5.33. The second kappa shape index (κ2) is 11.7. The van der Waals surface area contributed by atoms with Gasteiger partial charge in [0.05, 0.1) is 0 Å². The summed E-state index contributed by atoms with van der Waals surface area (Å²) in [6.07, 6.45) is 2.83. The number of rotatable bonds is 7. The van der Waals surface area contributed by atoms with Crippen molar-refractivity contribution in [3.8, 4) is 0 Å². The zero-order chi connectivity index (χ0) is 16.3. The highest BCUT2D eigenvalue weighted by Crippen LogP contribution is 2.27. The fraction of sp³-hybridized carbons (Fsp3) is 0.250. The van der Waals surface area contributed by atoms with Crippen LogP contribution in [0.4, 0.5) is 0 Å². The first kappa shape index (κ1) is 20.2. The van der Waals surface area contributed by atoms with E-state index in [2.05, 4.69) is 82.9 Å². The monoisotopic (exact) mass is 435 g/mol. The number of benzene rings is 2. The average Bonchev–Trinajstić information content (AvgIpc) is 2.63. The van der Waals surface area contributed by atoms with Gasteiger partial charge in [-0.1, -0.05) is 66.7 Å². The molecule has 0 heterocycles. The number of guanidine groups is 1. The summed E-state index contributed by atoms with van der Waals surface area (Å²) < 4.78 is 0. The number of halogens is 1. The van der Waals surface area contributed by atoms with Gasteiger partial charge in [-0.3, -0.25) is 4.99 Å². The summed E-state index contributed by atoms with van der Waals surface area (Å²) in [5, 5.41) is 6.56. The summed E-state index contributed by atoms with van der Waals surface area (Å²) in [5.74, 6) is 1.19. The molecule has 24 heavy (non-hydrogen) atoms. The molecule has 2 N–H and O–H groups in total. The molecule has 0 bridgehead atoms. The van der Waals surface area contributed by atoms with Crippen LogP contribution in [0.25, 0.3) is 0 Å². The lowest BCUT2D eigenvalue weighted by Crippen LogP contribution is -2.38. The van der Waals surface area contributed by atoms with Crippen LogP contribution in [0.2, 0.25) is 0 Å². The predicted octanol–water partition coefficient (Wildman–Crippen LogP) is 4.18. The van der Waals surface area contributed by atoms with E-state index in [1.165, 1.54) is 11.1 Å². The van der Waals surface area contributed by atoms with Crippen molar-refractivity contribution in [1.29, 1.82) is 0 Å². The van der Waals surface area contributed by atoms with Gasteiger partial charge in [-0.15, -0.1) is 30.6 Å². The van der Waals surface area contributed by atoms with E-state index >= 15 is 0 Å². The van der Waals surface area contributed by atoms with E-state index in [4.69, 9.17) is 0 Å². The summed E-state index contributed by atoms with van der Waals surface area (Å²) in [5.41, 5.74) is 2.68. The highest BCUT2D eigenvalue weighted by Gasteiger charge is 2.13. The first-order chi connectivity index (χ1) is 11.3. The van der Waals surface area contributed by atoms with Crippen LogP contribution in [-0.2, 0) is 0 Å². The van der Waals surface area contributed by atoms with E-state index in [1.807, 2.05) is 6.08 Å². The minimum absolute atomic E-state index is 0. The third-order valence-corrected chi connectivity index (χ3v) is 3.77. The molecule has 0 fully saturated rings. The van der Waals surface area contributed by atoms with Crippen LogP contribution in [0.5, 0.6) is 0 Å². The number of hydrogen-bond donors (Lipinski definition) is 2. The summed E-state index contributed by atoms with van der Waals surface area (Å²) in [6, 6.07) is 21.3. The maximum absolute atomic E-state index is 4.21. The Balaban J connectivity index is 0.00000288. The van der Waals surface area contributed by atoms with Crippen molar-refractivity contribution in [3.05, 3.63) is 84.4 Å². The van der Waals surface area contributed by atoms with Gasteiger partial charge in [-0.2, -0.15) is 0 Å². The maximum Gasteiger partial charge on any atom is 0.191 e. The Morgan fingerprint density at radius 1 is 1.00 bits per heavy atom. The molecule has 0 aliphatic carbocycles. The molecule has 0 atom stereocenters. The topological polar surface area (TPSA) is 36.4 Å². The molecule has 2 aromatic rings. The van der Waals surface area contributed by atoms with Gasteiger partial charge in [0.15, 0.2) is 5.96 Å². The highest BCUT2D eigenvalue weighted by atomic mass is 127. The normalized spacial score (nSPS) is 10.8. The SMILES string of the molecule is C=CCNC(=NC)NCCC(c1ccccc1)c1ccccc1.I. The number of aliphatic imine (C=N–C) groups is 1. The zero-order valence-electron chi connectivity index (χ0n) is 14.1. The van der Waals surface area contributed by atoms with Gasteiger partial charge in [0, 0.05) is 26.1 Å². The molecule has 0 unspecified atom stereocenters. The number of nitrogens with zero attached hydrogens (tertiary/aromatic N) is 1. The summed E-state index contributed by atoms with van der Waals surface area (Å²) in [7, 11) is 1.78. The molecule has 2 aromatic carbocycles. The van der Waals surface area contributed by atoms with E-state index < -0.39 is 0 Å². The molecule has 0 saturated heterocycles. The largest absolute Gasteiger partial charge is 0.356 e. The van der Waals surface area contributed by atoms with Crippen molar-refractivity contribution in [2.45, 2.75) is 12.3 Å². The summed E-state index contributed by atoms with van der Waals surface area (Å²) >= 11 is 0. The molecule has 128 valence electrons. The molecule has 0 spiro atoms. The van der Waals surface area contributed by atoms with Gasteiger partial charge < -0.3 is 10.6 Å². The Morgan fingerprint density at radius 3 is 2.00 bits per heavy atom. The molecule has 0 aliphatic heterocycles. The summed E-state index contributed by atoms with van der Waals surface area (Å²) in [4.78, 5) is 4.21. The van der Waals surface area contributed by atoms with Gasteiger partial charge >= 0.3 is 0 Å². The first-order valence-electron chi connectivity index (χ1n) is 8.00. The van der Waals surface area contributed by atoms with Crippen LogP contribution in [0, 0.1) is 0 Å². The molecule has 2 rings (SSSR count). The predicted molar refractivity (Wildman–Crippen MR) is 114 cm³/mol. The smallest absolute Gasteiger partial charge is 0.191 e. The van der Waals surface area contributed by atoms with E-state index in [-0.39, 0.29) is 24.0 Å². The van der Waals surface area contributed by atoms with Crippen molar-refractivity contribution >= 4 is 29.9 Å².